The minimum atomic E-state index is -0.298. The Hall–Kier alpha value is -2.63. The van der Waals surface area contributed by atoms with Crippen LogP contribution in [-0.4, -0.2) is 40.7 Å². The maximum atomic E-state index is 13.2. The van der Waals surface area contributed by atoms with Gasteiger partial charge in [0.25, 0.3) is 5.91 Å². The Morgan fingerprint density at radius 2 is 1.96 bits per heavy atom. The van der Waals surface area contributed by atoms with Crippen molar-refractivity contribution in [2.24, 2.45) is 5.92 Å². The van der Waals surface area contributed by atoms with Crippen LogP contribution in [0.4, 0.5) is 4.39 Å². The molecular weight excluding hydrogens is 347 g/mol. The second kappa shape index (κ2) is 7.94. The number of aryl methyl sites for hydroxylation is 1. The molecule has 0 unspecified atom stereocenters. The summed E-state index contributed by atoms with van der Waals surface area (Å²) in [5, 5.41) is 0. The van der Waals surface area contributed by atoms with Crippen molar-refractivity contribution in [2.45, 2.75) is 39.8 Å². The van der Waals surface area contributed by atoms with Crippen LogP contribution in [0.1, 0.15) is 41.9 Å². The molecule has 2 heterocycles. The van der Waals surface area contributed by atoms with Crippen LogP contribution in [0.2, 0.25) is 0 Å². The number of amides is 2. The van der Waals surface area contributed by atoms with E-state index in [2.05, 4.69) is 0 Å². The summed E-state index contributed by atoms with van der Waals surface area (Å²) in [6.07, 6.45) is 1.78. The average Bonchev–Trinajstić information content (AvgIpc) is 2.99. The van der Waals surface area contributed by atoms with Gasteiger partial charge in [0.1, 0.15) is 11.6 Å². The lowest BCUT2D eigenvalue weighted by molar-refractivity contribution is -0.134. The van der Waals surface area contributed by atoms with E-state index in [1.807, 2.05) is 18.7 Å². The average molecular weight is 372 g/mol. The van der Waals surface area contributed by atoms with E-state index in [1.54, 1.807) is 30.0 Å². The van der Waals surface area contributed by atoms with E-state index in [0.29, 0.717) is 31.0 Å². The van der Waals surface area contributed by atoms with Crippen LogP contribution in [0, 0.1) is 18.7 Å². The standard InChI is InChI=1S/C21H25FN2O3/c1-14(2)19-13-23(21(26)18-9-11-27-15(18)3)10-8-20(25)24(19)12-16-4-6-17(22)7-5-16/h4-7,9,11,14,19H,8,10,12-13H2,1-3H3/t19-/m0/s1. The zero-order chi connectivity index (χ0) is 19.6. The fourth-order valence-electron chi connectivity index (χ4n) is 3.50. The highest BCUT2D eigenvalue weighted by Gasteiger charge is 2.34. The molecule has 2 aromatic rings. The highest BCUT2D eigenvalue weighted by molar-refractivity contribution is 5.95. The molecule has 0 spiro atoms. The molecule has 1 aliphatic rings. The molecule has 0 saturated carbocycles. The molecule has 0 bridgehead atoms. The smallest absolute Gasteiger partial charge is 0.257 e. The van der Waals surface area contributed by atoms with Crippen molar-refractivity contribution in [2.75, 3.05) is 13.1 Å². The van der Waals surface area contributed by atoms with E-state index in [4.69, 9.17) is 4.42 Å². The third-order valence-electron chi connectivity index (χ3n) is 5.14. The number of hydrogen-bond acceptors (Lipinski definition) is 3. The van der Waals surface area contributed by atoms with E-state index in [0.717, 1.165) is 5.56 Å². The lowest BCUT2D eigenvalue weighted by Gasteiger charge is -2.34. The van der Waals surface area contributed by atoms with Crippen molar-refractivity contribution in [1.82, 2.24) is 9.80 Å². The Labute approximate surface area is 158 Å². The number of benzene rings is 1. The largest absolute Gasteiger partial charge is 0.469 e. The molecule has 1 aromatic carbocycles. The molecule has 1 aliphatic heterocycles. The van der Waals surface area contributed by atoms with Gasteiger partial charge in [0.2, 0.25) is 5.91 Å². The quantitative estimate of drug-likeness (QED) is 0.824. The topological polar surface area (TPSA) is 53.8 Å². The van der Waals surface area contributed by atoms with Crippen LogP contribution in [0.25, 0.3) is 0 Å². The maximum Gasteiger partial charge on any atom is 0.257 e. The molecule has 5 nitrogen and oxygen atoms in total. The fraction of sp³-hybridized carbons (Fsp3) is 0.429. The van der Waals surface area contributed by atoms with E-state index in [-0.39, 0.29) is 36.0 Å². The molecule has 0 aliphatic carbocycles. The molecule has 3 rings (SSSR count). The van der Waals surface area contributed by atoms with Gasteiger partial charge in [0.05, 0.1) is 17.9 Å². The van der Waals surface area contributed by atoms with Crippen LogP contribution >= 0.6 is 0 Å². The lowest BCUT2D eigenvalue weighted by atomic mass is 10.0. The van der Waals surface area contributed by atoms with Crippen LogP contribution in [0.3, 0.4) is 0 Å². The number of carbonyl (C=O) groups excluding carboxylic acids is 2. The zero-order valence-electron chi connectivity index (χ0n) is 15.9. The Kier molecular flexibility index (Phi) is 5.63. The predicted molar refractivity (Wildman–Crippen MR) is 99.5 cm³/mol. The first-order valence-electron chi connectivity index (χ1n) is 9.24. The summed E-state index contributed by atoms with van der Waals surface area (Å²) in [7, 11) is 0. The summed E-state index contributed by atoms with van der Waals surface area (Å²) >= 11 is 0. The third kappa shape index (κ3) is 4.21. The molecule has 0 radical (unpaired) electrons. The first-order valence-corrected chi connectivity index (χ1v) is 9.24. The lowest BCUT2D eigenvalue weighted by Crippen LogP contribution is -2.47. The number of rotatable bonds is 4. The Morgan fingerprint density at radius 1 is 1.26 bits per heavy atom. The summed E-state index contributed by atoms with van der Waals surface area (Å²) in [6, 6.07) is 7.76. The monoisotopic (exact) mass is 372 g/mol. The first kappa shape index (κ1) is 19.1. The second-order valence-corrected chi connectivity index (χ2v) is 7.35. The van der Waals surface area contributed by atoms with E-state index in [1.165, 1.54) is 18.4 Å². The van der Waals surface area contributed by atoms with E-state index in [9.17, 15) is 14.0 Å². The van der Waals surface area contributed by atoms with Crippen molar-refractivity contribution in [3.05, 3.63) is 59.3 Å². The molecule has 1 atom stereocenters. The van der Waals surface area contributed by atoms with Crippen LogP contribution in [-0.2, 0) is 11.3 Å². The van der Waals surface area contributed by atoms with Gasteiger partial charge in [-0.05, 0) is 36.6 Å². The molecule has 1 aromatic heterocycles. The molecule has 27 heavy (non-hydrogen) atoms. The molecular formula is C21H25FN2O3. The molecule has 0 N–H and O–H groups in total. The predicted octanol–water partition coefficient (Wildman–Crippen LogP) is 3.63. The molecule has 2 amide bonds. The number of nitrogens with zero attached hydrogens (tertiary/aromatic N) is 2. The SMILES string of the molecule is Cc1occc1C(=O)N1CCC(=O)N(Cc2ccc(F)cc2)[C@H](C(C)C)C1. The van der Waals surface area contributed by atoms with Gasteiger partial charge in [-0.2, -0.15) is 0 Å². The van der Waals surface area contributed by atoms with Gasteiger partial charge in [-0.15, -0.1) is 0 Å². The van der Waals surface area contributed by atoms with Crippen LogP contribution < -0.4 is 0 Å². The van der Waals surface area contributed by atoms with E-state index >= 15 is 0 Å². The highest BCUT2D eigenvalue weighted by atomic mass is 19.1. The number of halogens is 1. The van der Waals surface area contributed by atoms with Gasteiger partial charge >= 0.3 is 0 Å². The van der Waals surface area contributed by atoms with Crippen molar-refractivity contribution in [3.63, 3.8) is 0 Å². The van der Waals surface area contributed by atoms with Crippen LogP contribution in [0.15, 0.2) is 41.0 Å². The third-order valence-corrected chi connectivity index (χ3v) is 5.14. The summed E-state index contributed by atoms with van der Waals surface area (Å²) in [5.74, 6) is 0.363. The van der Waals surface area contributed by atoms with Crippen molar-refractivity contribution >= 4 is 11.8 Å². The van der Waals surface area contributed by atoms with Crippen molar-refractivity contribution in [3.8, 4) is 0 Å². The number of furan rings is 1. The molecule has 6 heteroatoms. The summed E-state index contributed by atoms with van der Waals surface area (Å²) in [4.78, 5) is 29.3. The van der Waals surface area contributed by atoms with Crippen molar-refractivity contribution < 1.29 is 18.4 Å². The number of hydrogen-bond donors (Lipinski definition) is 0. The Morgan fingerprint density at radius 3 is 2.56 bits per heavy atom. The van der Waals surface area contributed by atoms with Crippen LogP contribution in [0.5, 0.6) is 0 Å². The minimum absolute atomic E-state index is 0.0113. The molecule has 1 fully saturated rings. The van der Waals surface area contributed by atoms with Gasteiger partial charge < -0.3 is 14.2 Å². The van der Waals surface area contributed by atoms with Gasteiger partial charge in [-0.25, -0.2) is 4.39 Å². The minimum Gasteiger partial charge on any atom is -0.469 e. The van der Waals surface area contributed by atoms with Gasteiger partial charge in [0, 0.05) is 26.1 Å². The van der Waals surface area contributed by atoms with Gasteiger partial charge in [-0.1, -0.05) is 26.0 Å². The number of carbonyl (C=O) groups is 2. The maximum absolute atomic E-state index is 13.2. The fourth-order valence-corrected chi connectivity index (χ4v) is 3.50. The Bertz CT molecular complexity index is 813. The summed E-state index contributed by atoms with van der Waals surface area (Å²) in [6.45, 7) is 7.12. The second-order valence-electron chi connectivity index (χ2n) is 7.35. The zero-order valence-corrected chi connectivity index (χ0v) is 15.9. The molecule has 1 saturated heterocycles. The van der Waals surface area contributed by atoms with E-state index < -0.39 is 0 Å². The summed E-state index contributed by atoms with van der Waals surface area (Å²) in [5.41, 5.74) is 1.41. The normalized spacial score (nSPS) is 18.1. The van der Waals surface area contributed by atoms with Crippen molar-refractivity contribution in [1.29, 1.82) is 0 Å². The summed E-state index contributed by atoms with van der Waals surface area (Å²) < 4.78 is 18.4. The first-order chi connectivity index (χ1) is 12.9. The van der Waals surface area contributed by atoms with Gasteiger partial charge in [0.15, 0.2) is 0 Å². The molecule has 144 valence electrons. The Balaban J connectivity index is 1.83. The highest BCUT2D eigenvalue weighted by Crippen LogP contribution is 2.23. The van der Waals surface area contributed by atoms with Gasteiger partial charge in [-0.3, -0.25) is 9.59 Å².